The number of ether oxygens (including phenoxy) is 2. The molecule has 0 amide bonds. The van der Waals surface area contributed by atoms with Crippen molar-refractivity contribution < 1.29 is 24.2 Å². The van der Waals surface area contributed by atoms with Crippen molar-refractivity contribution in [3.05, 3.63) is 0 Å². The zero-order valence-corrected chi connectivity index (χ0v) is 22.7. The fourth-order valence-electron chi connectivity index (χ4n) is 3.49. The van der Waals surface area contributed by atoms with Crippen LogP contribution in [-0.4, -0.2) is 35.9 Å². The molecule has 0 aliphatic carbocycles. The maximum Gasteiger partial charge on any atom is 0.306 e. The Morgan fingerprint density at radius 2 is 0.848 bits per heavy atom. The summed E-state index contributed by atoms with van der Waals surface area (Å²) in [5.74, 6) is -0.403. The van der Waals surface area contributed by atoms with Gasteiger partial charge in [0.25, 0.3) is 0 Å². The first-order chi connectivity index (χ1) is 15.8. The van der Waals surface area contributed by atoms with Crippen molar-refractivity contribution >= 4 is 11.9 Å². The molecular formula is C28H56O5. The summed E-state index contributed by atoms with van der Waals surface area (Å²) >= 11 is 0. The highest BCUT2D eigenvalue weighted by molar-refractivity contribution is 5.70. The minimum absolute atomic E-state index is 0.0709. The van der Waals surface area contributed by atoms with Gasteiger partial charge in [0.1, 0.15) is 0 Å². The summed E-state index contributed by atoms with van der Waals surface area (Å²) in [6, 6.07) is 0. The molecule has 0 spiro atoms. The maximum atomic E-state index is 11.1. The van der Waals surface area contributed by atoms with E-state index in [-0.39, 0.29) is 24.1 Å². The van der Waals surface area contributed by atoms with Gasteiger partial charge in [0, 0.05) is 19.4 Å². The molecule has 0 saturated carbocycles. The molecule has 0 aliphatic heterocycles. The van der Waals surface area contributed by atoms with E-state index < -0.39 is 0 Å². The van der Waals surface area contributed by atoms with Gasteiger partial charge in [-0.25, -0.2) is 0 Å². The molecule has 0 aromatic heterocycles. The molecule has 33 heavy (non-hydrogen) atoms. The number of aliphatic hydroxyl groups is 1. The number of carbonyl (C=O) groups is 2. The van der Waals surface area contributed by atoms with E-state index in [0.29, 0.717) is 32.3 Å². The highest BCUT2D eigenvalue weighted by Crippen LogP contribution is 2.12. The Labute approximate surface area is 205 Å². The first kappa shape index (κ1) is 34.1. The summed E-state index contributed by atoms with van der Waals surface area (Å²) in [4.78, 5) is 22.3. The predicted octanol–water partition coefficient (Wildman–Crippen LogP) is 7.91. The van der Waals surface area contributed by atoms with Crippen LogP contribution in [0.4, 0.5) is 0 Å². The van der Waals surface area contributed by atoms with E-state index in [1.54, 1.807) is 0 Å². The first-order valence-electron chi connectivity index (χ1n) is 13.8. The van der Waals surface area contributed by atoms with Gasteiger partial charge in [-0.05, 0) is 47.0 Å². The Balaban J connectivity index is 0. The van der Waals surface area contributed by atoms with Crippen LogP contribution in [0.1, 0.15) is 150 Å². The number of unbranched alkanes of at least 4 members (excludes halogenated alkanes) is 14. The zero-order valence-electron chi connectivity index (χ0n) is 22.7. The molecule has 0 radical (unpaired) electrons. The summed E-state index contributed by atoms with van der Waals surface area (Å²) < 4.78 is 9.93. The molecule has 0 aliphatic rings. The third kappa shape index (κ3) is 33.2. The minimum Gasteiger partial charge on any atom is -0.463 e. The van der Waals surface area contributed by atoms with Crippen LogP contribution < -0.4 is 0 Å². The average molecular weight is 473 g/mol. The molecule has 0 aromatic rings. The number of esters is 2. The monoisotopic (exact) mass is 472 g/mol. The van der Waals surface area contributed by atoms with Crippen LogP contribution in [0.15, 0.2) is 0 Å². The number of hydrogen-bond donors (Lipinski definition) is 1. The largest absolute Gasteiger partial charge is 0.463 e. The van der Waals surface area contributed by atoms with Gasteiger partial charge in [-0.1, -0.05) is 90.4 Å². The van der Waals surface area contributed by atoms with Crippen molar-refractivity contribution in [3.8, 4) is 0 Å². The van der Waals surface area contributed by atoms with E-state index in [4.69, 9.17) is 14.6 Å². The Kier molecular flexibility index (Phi) is 28.0. The lowest BCUT2D eigenvalue weighted by Gasteiger charge is -2.08. The van der Waals surface area contributed by atoms with Crippen molar-refractivity contribution in [2.45, 2.75) is 162 Å². The van der Waals surface area contributed by atoms with Gasteiger partial charge >= 0.3 is 11.9 Å². The van der Waals surface area contributed by atoms with Crippen LogP contribution in [0, 0.1) is 0 Å². The van der Waals surface area contributed by atoms with E-state index in [0.717, 1.165) is 6.42 Å². The molecule has 0 heterocycles. The van der Waals surface area contributed by atoms with Crippen molar-refractivity contribution in [2.75, 3.05) is 6.61 Å². The lowest BCUT2D eigenvalue weighted by atomic mass is 10.0. The van der Waals surface area contributed by atoms with Crippen molar-refractivity contribution in [3.63, 3.8) is 0 Å². The minimum atomic E-state index is -0.202. The van der Waals surface area contributed by atoms with E-state index >= 15 is 0 Å². The molecule has 0 rings (SSSR count). The van der Waals surface area contributed by atoms with Crippen molar-refractivity contribution in [2.24, 2.45) is 0 Å². The Hall–Kier alpha value is -1.10. The topological polar surface area (TPSA) is 72.8 Å². The second-order valence-electron chi connectivity index (χ2n) is 9.60. The number of aliphatic hydroxyl groups excluding tert-OH is 1. The molecule has 1 N–H and O–H groups in total. The number of carbonyl (C=O) groups excluding carboxylic acids is 2. The van der Waals surface area contributed by atoms with Gasteiger partial charge in [-0.15, -0.1) is 0 Å². The van der Waals surface area contributed by atoms with E-state index in [2.05, 4.69) is 6.92 Å². The van der Waals surface area contributed by atoms with Crippen molar-refractivity contribution in [1.82, 2.24) is 0 Å². The fraction of sp³-hybridized carbons (Fsp3) is 0.929. The average Bonchev–Trinajstić information content (AvgIpc) is 2.74. The van der Waals surface area contributed by atoms with Gasteiger partial charge in [0.2, 0.25) is 0 Å². The van der Waals surface area contributed by atoms with Crippen molar-refractivity contribution in [1.29, 1.82) is 0 Å². The van der Waals surface area contributed by atoms with E-state index in [9.17, 15) is 9.59 Å². The maximum absolute atomic E-state index is 11.1. The third-order valence-electron chi connectivity index (χ3n) is 5.26. The molecule has 0 atom stereocenters. The van der Waals surface area contributed by atoms with Crippen LogP contribution in [0.3, 0.4) is 0 Å². The SMILES string of the molecule is CC(C)OC(=O)CCCCC(=O)OC(C)C.CCCCCCCCCCCCCCCCO. The third-order valence-corrected chi connectivity index (χ3v) is 5.26. The van der Waals surface area contributed by atoms with E-state index in [1.165, 1.54) is 83.5 Å². The van der Waals surface area contributed by atoms with Crippen LogP contribution >= 0.6 is 0 Å². The summed E-state index contributed by atoms with van der Waals surface area (Å²) in [5, 5.41) is 8.64. The highest BCUT2D eigenvalue weighted by atomic mass is 16.5. The Morgan fingerprint density at radius 3 is 1.12 bits per heavy atom. The molecule has 0 fully saturated rings. The van der Waals surface area contributed by atoms with Gasteiger partial charge in [0.05, 0.1) is 12.2 Å². The lowest BCUT2D eigenvalue weighted by Crippen LogP contribution is -2.12. The molecule has 0 unspecified atom stereocenters. The van der Waals surface area contributed by atoms with Crippen LogP contribution in [-0.2, 0) is 19.1 Å². The summed E-state index contributed by atoms with van der Waals surface area (Å²) in [7, 11) is 0. The summed E-state index contributed by atoms with van der Waals surface area (Å²) in [6.07, 6.45) is 21.1. The molecule has 5 nitrogen and oxygen atoms in total. The normalized spacial score (nSPS) is 10.8. The predicted molar refractivity (Wildman–Crippen MR) is 138 cm³/mol. The van der Waals surface area contributed by atoms with Crippen LogP contribution in [0.25, 0.3) is 0 Å². The molecule has 0 aromatic carbocycles. The second kappa shape index (κ2) is 27.1. The lowest BCUT2D eigenvalue weighted by molar-refractivity contribution is -0.149. The summed E-state index contributed by atoms with van der Waals surface area (Å²) in [5.41, 5.74) is 0. The smallest absolute Gasteiger partial charge is 0.306 e. The Morgan fingerprint density at radius 1 is 0.545 bits per heavy atom. The first-order valence-corrected chi connectivity index (χ1v) is 13.8. The molecule has 198 valence electrons. The van der Waals surface area contributed by atoms with Gasteiger partial charge in [-0.2, -0.15) is 0 Å². The fourth-order valence-corrected chi connectivity index (χ4v) is 3.49. The number of hydrogen-bond acceptors (Lipinski definition) is 5. The van der Waals surface area contributed by atoms with E-state index in [1.807, 2.05) is 27.7 Å². The second-order valence-corrected chi connectivity index (χ2v) is 9.60. The zero-order chi connectivity index (χ0) is 25.2. The van der Waals surface area contributed by atoms with Gasteiger partial charge in [0.15, 0.2) is 0 Å². The molecule has 0 bridgehead atoms. The Bertz CT molecular complexity index is 383. The van der Waals surface area contributed by atoms with Gasteiger partial charge < -0.3 is 14.6 Å². The van der Waals surface area contributed by atoms with Gasteiger partial charge in [-0.3, -0.25) is 9.59 Å². The quantitative estimate of drug-likeness (QED) is 0.136. The van der Waals surface area contributed by atoms with Crippen LogP contribution in [0.2, 0.25) is 0 Å². The molecular weight excluding hydrogens is 416 g/mol. The standard InChI is InChI=1S/C16H34O.C12H22O4/c1-2-3-4-5-6-7-8-9-10-11-12-13-14-15-16-17;1-9(2)15-11(13)7-5-6-8-12(14)16-10(3)4/h17H,2-16H2,1H3;9-10H,5-8H2,1-4H3. The number of rotatable bonds is 21. The highest BCUT2D eigenvalue weighted by Gasteiger charge is 2.08. The summed E-state index contributed by atoms with van der Waals surface area (Å²) in [6.45, 7) is 9.92. The molecule has 0 saturated heterocycles. The van der Waals surface area contributed by atoms with Crippen LogP contribution in [0.5, 0.6) is 0 Å². The molecule has 5 heteroatoms.